The second-order valence-corrected chi connectivity index (χ2v) is 6.67. The van der Waals surface area contributed by atoms with Crippen LogP contribution in [0.15, 0.2) is 78.4 Å². The van der Waals surface area contributed by atoms with Gasteiger partial charge in [-0.3, -0.25) is 4.79 Å². The average Bonchev–Trinajstić information content (AvgIpc) is 2.76. The number of amides is 1. The number of nitriles is 2. The molecule has 0 atom stereocenters. The first-order valence-corrected chi connectivity index (χ1v) is 9.37. The number of nitrogens with zero attached hydrogens (tertiary/aromatic N) is 2. The maximum atomic E-state index is 12.5. The third-order valence-corrected chi connectivity index (χ3v) is 4.42. The SMILES string of the molecule is N#C/C(=C\c1ccccc1OCc1ccccc1C#N)C(=O)Nc1cccc(Cl)c1. The van der Waals surface area contributed by atoms with Crippen molar-refractivity contribution in [1.82, 2.24) is 0 Å². The lowest BCUT2D eigenvalue weighted by atomic mass is 10.1. The zero-order valence-electron chi connectivity index (χ0n) is 15.8. The van der Waals surface area contributed by atoms with Gasteiger partial charge < -0.3 is 10.1 Å². The van der Waals surface area contributed by atoms with Crippen LogP contribution in [0, 0.1) is 22.7 Å². The molecule has 0 aliphatic carbocycles. The standard InChI is InChI=1S/C24H16ClN3O2/c25-21-9-5-10-22(13-21)28-24(29)20(15-27)12-17-6-3-4-11-23(17)30-16-19-8-2-1-7-18(19)14-26/h1-13H,16H2,(H,28,29)/b20-12+. The first-order chi connectivity index (χ1) is 14.6. The summed E-state index contributed by atoms with van der Waals surface area (Å²) in [4.78, 5) is 12.5. The molecule has 0 fully saturated rings. The number of rotatable bonds is 6. The van der Waals surface area contributed by atoms with Gasteiger partial charge in [0.25, 0.3) is 5.91 Å². The third kappa shape index (κ3) is 5.26. The van der Waals surface area contributed by atoms with E-state index in [-0.39, 0.29) is 12.2 Å². The summed E-state index contributed by atoms with van der Waals surface area (Å²) in [6.45, 7) is 0.186. The van der Waals surface area contributed by atoms with Gasteiger partial charge in [-0.15, -0.1) is 0 Å². The fourth-order valence-electron chi connectivity index (χ4n) is 2.71. The van der Waals surface area contributed by atoms with Crippen molar-refractivity contribution in [2.45, 2.75) is 6.61 Å². The van der Waals surface area contributed by atoms with Crippen molar-refractivity contribution in [3.63, 3.8) is 0 Å². The fraction of sp³-hybridized carbons (Fsp3) is 0.0417. The molecule has 0 heterocycles. The van der Waals surface area contributed by atoms with Crippen molar-refractivity contribution >= 4 is 29.3 Å². The first-order valence-electron chi connectivity index (χ1n) is 8.99. The number of carbonyl (C=O) groups excluding carboxylic acids is 1. The maximum absolute atomic E-state index is 12.5. The molecule has 3 rings (SSSR count). The molecule has 0 radical (unpaired) electrons. The number of nitrogens with one attached hydrogen (secondary N) is 1. The van der Waals surface area contributed by atoms with E-state index in [4.69, 9.17) is 16.3 Å². The molecule has 0 unspecified atom stereocenters. The van der Waals surface area contributed by atoms with E-state index in [0.717, 1.165) is 5.56 Å². The number of para-hydroxylation sites is 1. The van der Waals surface area contributed by atoms with Crippen LogP contribution in [0.1, 0.15) is 16.7 Å². The molecule has 0 aliphatic heterocycles. The second-order valence-electron chi connectivity index (χ2n) is 6.23. The lowest BCUT2D eigenvalue weighted by Crippen LogP contribution is -2.13. The van der Waals surface area contributed by atoms with Gasteiger partial charge in [0, 0.05) is 21.8 Å². The Kier molecular flexibility index (Phi) is 6.84. The van der Waals surface area contributed by atoms with E-state index in [1.807, 2.05) is 18.2 Å². The Balaban J connectivity index is 1.81. The molecule has 0 aliphatic rings. The molecule has 146 valence electrons. The van der Waals surface area contributed by atoms with Crippen LogP contribution in [0.2, 0.25) is 5.02 Å². The molecule has 0 spiro atoms. The van der Waals surface area contributed by atoms with E-state index in [1.54, 1.807) is 60.7 Å². The lowest BCUT2D eigenvalue weighted by Gasteiger charge is -2.11. The van der Waals surface area contributed by atoms with Gasteiger partial charge in [-0.05, 0) is 36.4 Å². The van der Waals surface area contributed by atoms with Crippen LogP contribution in [0.5, 0.6) is 5.75 Å². The summed E-state index contributed by atoms with van der Waals surface area (Å²) in [7, 11) is 0. The van der Waals surface area contributed by atoms with Crippen LogP contribution in [0.3, 0.4) is 0 Å². The largest absolute Gasteiger partial charge is 0.488 e. The Morgan fingerprint density at radius 1 is 1.03 bits per heavy atom. The molecule has 1 N–H and O–H groups in total. The van der Waals surface area contributed by atoms with Gasteiger partial charge >= 0.3 is 0 Å². The number of hydrogen-bond donors (Lipinski definition) is 1. The fourth-order valence-corrected chi connectivity index (χ4v) is 2.90. The average molecular weight is 414 g/mol. The van der Waals surface area contributed by atoms with Crippen molar-refractivity contribution in [2.75, 3.05) is 5.32 Å². The van der Waals surface area contributed by atoms with E-state index < -0.39 is 5.91 Å². The van der Waals surface area contributed by atoms with E-state index in [0.29, 0.717) is 27.6 Å². The molecular formula is C24H16ClN3O2. The zero-order valence-corrected chi connectivity index (χ0v) is 16.6. The number of ether oxygens (including phenoxy) is 1. The molecule has 5 nitrogen and oxygen atoms in total. The summed E-state index contributed by atoms with van der Waals surface area (Å²) in [5, 5.41) is 21.8. The van der Waals surface area contributed by atoms with Crippen LogP contribution in [-0.2, 0) is 11.4 Å². The molecule has 0 saturated carbocycles. The summed E-state index contributed by atoms with van der Waals surface area (Å²) >= 11 is 5.93. The minimum atomic E-state index is -0.551. The highest BCUT2D eigenvalue weighted by Gasteiger charge is 2.12. The Labute approximate surface area is 179 Å². The van der Waals surface area contributed by atoms with E-state index in [2.05, 4.69) is 11.4 Å². The van der Waals surface area contributed by atoms with Gasteiger partial charge in [-0.2, -0.15) is 10.5 Å². The Morgan fingerprint density at radius 2 is 1.80 bits per heavy atom. The molecule has 0 aromatic heterocycles. The van der Waals surface area contributed by atoms with Crippen LogP contribution >= 0.6 is 11.6 Å². The Morgan fingerprint density at radius 3 is 2.57 bits per heavy atom. The van der Waals surface area contributed by atoms with E-state index in [1.165, 1.54) is 6.08 Å². The van der Waals surface area contributed by atoms with Crippen LogP contribution in [0.25, 0.3) is 6.08 Å². The smallest absolute Gasteiger partial charge is 0.266 e. The Hall–Kier alpha value is -4.06. The van der Waals surface area contributed by atoms with Gasteiger partial charge in [0.05, 0.1) is 11.6 Å². The second kappa shape index (κ2) is 9.93. The molecule has 3 aromatic carbocycles. The van der Waals surface area contributed by atoms with Crippen molar-refractivity contribution in [3.8, 4) is 17.9 Å². The normalized spacial score (nSPS) is 10.6. The quantitative estimate of drug-likeness (QED) is 0.436. The summed E-state index contributed by atoms with van der Waals surface area (Å²) in [5.41, 5.74) is 2.27. The lowest BCUT2D eigenvalue weighted by molar-refractivity contribution is -0.112. The summed E-state index contributed by atoms with van der Waals surface area (Å²) in [6, 6.07) is 24.9. The van der Waals surface area contributed by atoms with Gasteiger partial charge in [0.2, 0.25) is 0 Å². The van der Waals surface area contributed by atoms with Crippen LogP contribution in [0.4, 0.5) is 5.69 Å². The summed E-state index contributed by atoms with van der Waals surface area (Å²) in [5.74, 6) is -0.0575. The van der Waals surface area contributed by atoms with Crippen molar-refractivity contribution in [2.24, 2.45) is 0 Å². The first kappa shape index (κ1) is 20.7. The molecule has 3 aromatic rings. The monoisotopic (exact) mass is 413 g/mol. The number of benzene rings is 3. The van der Waals surface area contributed by atoms with Gasteiger partial charge in [0.15, 0.2) is 0 Å². The topological polar surface area (TPSA) is 85.9 Å². The maximum Gasteiger partial charge on any atom is 0.266 e. The van der Waals surface area contributed by atoms with Gasteiger partial charge in [-0.25, -0.2) is 0 Å². The third-order valence-electron chi connectivity index (χ3n) is 4.19. The van der Waals surface area contributed by atoms with Crippen molar-refractivity contribution < 1.29 is 9.53 Å². The predicted octanol–water partition coefficient (Wildman–Crippen LogP) is 5.34. The summed E-state index contributed by atoms with van der Waals surface area (Å²) < 4.78 is 5.87. The molecule has 0 saturated heterocycles. The summed E-state index contributed by atoms with van der Waals surface area (Å²) in [6.07, 6.45) is 1.46. The molecule has 30 heavy (non-hydrogen) atoms. The highest BCUT2D eigenvalue weighted by atomic mass is 35.5. The highest BCUT2D eigenvalue weighted by molar-refractivity contribution is 6.31. The highest BCUT2D eigenvalue weighted by Crippen LogP contribution is 2.23. The minimum Gasteiger partial charge on any atom is -0.488 e. The molecule has 6 heteroatoms. The van der Waals surface area contributed by atoms with Crippen LogP contribution in [-0.4, -0.2) is 5.91 Å². The number of halogens is 1. The van der Waals surface area contributed by atoms with Crippen molar-refractivity contribution in [1.29, 1.82) is 10.5 Å². The predicted molar refractivity (Wildman–Crippen MR) is 116 cm³/mol. The number of anilines is 1. The van der Waals surface area contributed by atoms with Crippen LogP contribution < -0.4 is 10.1 Å². The van der Waals surface area contributed by atoms with Gasteiger partial charge in [0.1, 0.15) is 24.0 Å². The molecule has 1 amide bonds. The number of hydrogen-bond acceptors (Lipinski definition) is 4. The van der Waals surface area contributed by atoms with Crippen molar-refractivity contribution in [3.05, 3.63) is 100 Å². The molecular weight excluding hydrogens is 398 g/mol. The number of carbonyl (C=O) groups is 1. The zero-order chi connectivity index (χ0) is 21.3. The van der Waals surface area contributed by atoms with E-state index in [9.17, 15) is 15.3 Å². The van der Waals surface area contributed by atoms with E-state index >= 15 is 0 Å². The minimum absolute atomic E-state index is 0.0801. The molecule has 0 bridgehead atoms. The van der Waals surface area contributed by atoms with Gasteiger partial charge in [-0.1, -0.05) is 54.1 Å². The Bertz CT molecular complexity index is 1190.